The summed E-state index contributed by atoms with van der Waals surface area (Å²) in [6.07, 6.45) is 0. The van der Waals surface area contributed by atoms with Crippen molar-refractivity contribution in [3.05, 3.63) is 0 Å². The van der Waals surface area contributed by atoms with E-state index in [4.69, 9.17) is 24.6 Å². The zero-order valence-electron chi connectivity index (χ0n) is 3.20. The molecule has 0 aliphatic rings. The van der Waals surface area contributed by atoms with E-state index >= 15 is 0 Å². The van der Waals surface area contributed by atoms with E-state index in [2.05, 4.69) is 0 Å². The van der Waals surface area contributed by atoms with Gasteiger partial charge in [-0.05, 0) is 0 Å². The minimum atomic E-state index is -3.13. The molecule has 8 heavy (non-hydrogen) atoms. The van der Waals surface area contributed by atoms with Crippen LogP contribution in [0.2, 0.25) is 0 Å². The maximum atomic E-state index is 8.74. The molecule has 0 aromatic rings. The normalized spacial score (nSPS) is 3.75. The molecule has 0 atom stereocenters. The molecular formula is H7NaO6Si. The van der Waals surface area contributed by atoms with E-state index in [1.54, 1.807) is 0 Å². The Balaban J connectivity index is -0.0000000183. The average Bonchev–Trinajstić information content (AvgIpc) is 1.41. The predicted molar refractivity (Wildman–Crippen MR) is 26.9 cm³/mol. The molecule has 0 bridgehead atoms. The minimum absolute atomic E-state index is 0. The second-order valence-corrected chi connectivity index (χ2v) is 0.848. The Hall–Kier alpha value is 0.497. The maximum absolute atomic E-state index is 8.74. The van der Waals surface area contributed by atoms with Crippen LogP contribution in [0.5, 0.6) is 0 Å². The summed E-state index contributed by atoms with van der Waals surface area (Å²) < 4.78 is 8.74. The molecule has 0 saturated heterocycles. The van der Waals surface area contributed by atoms with E-state index in [1.807, 2.05) is 0 Å². The first-order valence-electron chi connectivity index (χ1n) is 0.851. The van der Waals surface area contributed by atoms with Gasteiger partial charge in [-0.25, -0.2) is 0 Å². The fourth-order valence-corrected chi connectivity index (χ4v) is 0. The molecule has 0 spiro atoms. The standard InChI is InChI=1S/Na.H2O3Si.H2O2.H2O.H/c;1-4(2)3;1-2;;/h;1-2H;1-2H;1H2;. The van der Waals surface area contributed by atoms with Crippen molar-refractivity contribution in [3.8, 4) is 0 Å². The Kier molecular flexibility index (Phi) is 76.4. The summed E-state index contributed by atoms with van der Waals surface area (Å²) in [5.41, 5.74) is 0. The van der Waals surface area contributed by atoms with Crippen LogP contribution in [-0.2, 0) is 4.46 Å². The first-order valence-corrected chi connectivity index (χ1v) is 2.15. The Morgan fingerprint density at radius 2 is 1.12 bits per heavy atom. The summed E-state index contributed by atoms with van der Waals surface area (Å²) in [5, 5.41) is 12.0. The molecule has 0 aliphatic heterocycles. The van der Waals surface area contributed by atoms with E-state index in [0.29, 0.717) is 0 Å². The van der Waals surface area contributed by atoms with Gasteiger partial charge in [0.25, 0.3) is 0 Å². The molecule has 0 fully saturated rings. The van der Waals surface area contributed by atoms with Gasteiger partial charge in [0.15, 0.2) is 0 Å². The fraction of sp³-hybridized carbons (Fsp3) is 0. The molecule has 6 nitrogen and oxygen atoms in total. The van der Waals surface area contributed by atoms with Gasteiger partial charge in [-0.2, -0.15) is 0 Å². The molecule has 0 amide bonds. The van der Waals surface area contributed by atoms with Crippen LogP contribution < -0.4 is 0 Å². The van der Waals surface area contributed by atoms with Gasteiger partial charge >= 0.3 is 38.7 Å². The van der Waals surface area contributed by atoms with Gasteiger partial charge in [-0.1, -0.05) is 0 Å². The van der Waals surface area contributed by atoms with Crippen LogP contribution in [0.1, 0.15) is 0 Å². The van der Waals surface area contributed by atoms with E-state index in [0.717, 1.165) is 0 Å². The van der Waals surface area contributed by atoms with Gasteiger partial charge in [0.1, 0.15) is 0 Å². The molecular weight excluding hydrogens is 147 g/mol. The summed E-state index contributed by atoms with van der Waals surface area (Å²) in [5.74, 6) is 0. The molecule has 0 aliphatic carbocycles. The topological polar surface area (TPSA) is 129 Å². The SMILES string of the molecule is O.O=[Si](O)O.OO.[NaH]. The van der Waals surface area contributed by atoms with E-state index < -0.39 is 9.17 Å². The van der Waals surface area contributed by atoms with Crippen molar-refractivity contribution in [2.24, 2.45) is 0 Å². The summed E-state index contributed by atoms with van der Waals surface area (Å²) in [7, 11) is -3.13. The molecule has 0 rings (SSSR count). The molecule has 0 unspecified atom stereocenters. The molecule has 48 valence electrons. The quantitative estimate of drug-likeness (QED) is 0.167. The molecule has 0 saturated carbocycles. The van der Waals surface area contributed by atoms with Crippen molar-refractivity contribution in [2.75, 3.05) is 0 Å². The van der Waals surface area contributed by atoms with Crippen LogP contribution >= 0.6 is 0 Å². The Labute approximate surface area is 68.8 Å². The van der Waals surface area contributed by atoms with Crippen molar-refractivity contribution >= 4 is 38.7 Å². The molecule has 0 heterocycles. The van der Waals surface area contributed by atoms with Gasteiger partial charge in [-0.3, -0.25) is 15.0 Å². The van der Waals surface area contributed by atoms with Gasteiger partial charge in [-0.15, -0.1) is 0 Å². The first-order chi connectivity index (χ1) is 2.73. The third kappa shape index (κ3) is 795. The third-order valence-electron chi connectivity index (χ3n) is 0. The van der Waals surface area contributed by atoms with Crippen LogP contribution in [0.15, 0.2) is 0 Å². The van der Waals surface area contributed by atoms with Crippen molar-refractivity contribution < 1.29 is 30.0 Å². The summed E-state index contributed by atoms with van der Waals surface area (Å²) in [6.45, 7) is 0. The third-order valence-corrected chi connectivity index (χ3v) is 0. The van der Waals surface area contributed by atoms with Crippen LogP contribution in [0, 0.1) is 0 Å². The Morgan fingerprint density at radius 3 is 1.12 bits per heavy atom. The zero-order chi connectivity index (χ0) is 5.58. The van der Waals surface area contributed by atoms with Crippen molar-refractivity contribution in [3.63, 3.8) is 0 Å². The van der Waals surface area contributed by atoms with Gasteiger partial charge in [0.2, 0.25) is 0 Å². The van der Waals surface area contributed by atoms with E-state index in [9.17, 15) is 0 Å². The number of hydrogen-bond acceptors (Lipinski definition) is 3. The number of hydrogen-bond donors (Lipinski definition) is 4. The summed E-state index contributed by atoms with van der Waals surface area (Å²) in [6, 6.07) is 0. The molecule has 0 aromatic heterocycles. The molecule has 0 aromatic carbocycles. The Bertz CT molecular complexity index is 31.5. The summed E-state index contributed by atoms with van der Waals surface area (Å²) in [4.78, 5) is 14.3. The Morgan fingerprint density at radius 1 is 1.12 bits per heavy atom. The van der Waals surface area contributed by atoms with Gasteiger partial charge in [0.05, 0.1) is 0 Å². The zero-order valence-corrected chi connectivity index (χ0v) is 4.20. The summed E-state index contributed by atoms with van der Waals surface area (Å²) >= 11 is 0. The fourth-order valence-electron chi connectivity index (χ4n) is 0. The average molecular weight is 154 g/mol. The second-order valence-electron chi connectivity index (χ2n) is 0.283. The first kappa shape index (κ1) is 23.6. The molecule has 6 N–H and O–H groups in total. The van der Waals surface area contributed by atoms with Crippen LogP contribution in [0.4, 0.5) is 0 Å². The number of rotatable bonds is 0. The van der Waals surface area contributed by atoms with Crippen molar-refractivity contribution in [1.82, 2.24) is 0 Å². The van der Waals surface area contributed by atoms with Crippen LogP contribution in [-0.4, -0.2) is 64.3 Å². The second kappa shape index (κ2) is 25.9. The molecule has 8 heteroatoms. The van der Waals surface area contributed by atoms with Gasteiger partial charge < -0.3 is 15.1 Å². The predicted octanol–water partition coefficient (Wildman–Crippen LogP) is -3.07. The van der Waals surface area contributed by atoms with Crippen molar-refractivity contribution in [2.45, 2.75) is 0 Å². The van der Waals surface area contributed by atoms with Crippen LogP contribution in [0.25, 0.3) is 0 Å². The van der Waals surface area contributed by atoms with Crippen molar-refractivity contribution in [1.29, 1.82) is 0 Å². The monoisotopic (exact) mass is 154 g/mol. The van der Waals surface area contributed by atoms with Crippen LogP contribution in [0.3, 0.4) is 0 Å². The van der Waals surface area contributed by atoms with E-state index in [-0.39, 0.29) is 35.0 Å². The van der Waals surface area contributed by atoms with E-state index in [1.165, 1.54) is 0 Å². The van der Waals surface area contributed by atoms with Gasteiger partial charge in [0, 0.05) is 0 Å². The molecule has 0 radical (unpaired) electrons.